The first-order chi connectivity index (χ1) is 19.3. The van der Waals surface area contributed by atoms with Crippen molar-refractivity contribution in [1.29, 1.82) is 0 Å². The minimum Gasteiger partial charge on any atom is -0.393 e. The molecule has 1 saturated heterocycles. The Morgan fingerprint density at radius 1 is 1.15 bits per heavy atom. The maximum atomic E-state index is 10.7. The SMILES string of the molecule is C=CCC.CC.CC.CCC/C(C)=C\NC(O)c1csc(C2CCN(C=O)CC2)n1.C[C@H](O)Cc1ccccc1. The molecule has 1 aliphatic rings. The molecule has 1 aromatic heterocycles. The topological polar surface area (TPSA) is 85.7 Å². The molecule has 1 aliphatic heterocycles. The molecule has 0 spiro atoms. The van der Waals surface area contributed by atoms with E-state index in [1.165, 1.54) is 11.1 Å². The predicted octanol–water partition coefficient (Wildman–Crippen LogP) is 8.01. The fourth-order valence-electron chi connectivity index (χ4n) is 3.59. The number of amides is 1. The van der Waals surface area contributed by atoms with Crippen LogP contribution in [-0.4, -0.2) is 45.7 Å². The summed E-state index contributed by atoms with van der Waals surface area (Å²) in [6.07, 6.45) is 9.53. The van der Waals surface area contributed by atoms with Crippen molar-refractivity contribution in [2.45, 2.75) is 112 Å². The number of likely N-dealkylation sites (tertiary alicyclic amines) is 1. The second kappa shape index (κ2) is 26.7. The highest BCUT2D eigenvalue weighted by atomic mass is 32.1. The summed E-state index contributed by atoms with van der Waals surface area (Å²) in [4.78, 5) is 17.1. The minimum absolute atomic E-state index is 0.234. The Bertz CT molecular complexity index is 876. The highest BCUT2D eigenvalue weighted by molar-refractivity contribution is 7.09. The summed E-state index contributed by atoms with van der Waals surface area (Å²) < 4.78 is 0. The van der Waals surface area contributed by atoms with Crippen molar-refractivity contribution in [2.75, 3.05) is 13.1 Å². The summed E-state index contributed by atoms with van der Waals surface area (Å²) in [7, 11) is 0. The molecule has 1 fully saturated rings. The Labute approximate surface area is 249 Å². The van der Waals surface area contributed by atoms with Gasteiger partial charge in [0.1, 0.15) is 5.69 Å². The number of nitrogens with one attached hydrogen (secondary N) is 1. The first kappa shape index (κ1) is 39.7. The van der Waals surface area contributed by atoms with Crippen molar-refractivity contribution < 1.29 is 15.0 Å². The normalized spacial score (nSPS) is 14.2. The van der Waals surface area contributed by atoms with Crippen molar-refractivity contribution in [3.05, 3.63) is 76.4 Å². The summed E-state index contributed by atoms with van der Waals surface area (Å²) >= 11 is 1.60. The van der Waals surface area contributed by atoms with Crippen molar-refractivity contribution in [3.63, 3.8) is 0 Å². The Hall–Kier alpha value is -2.48. The van der Waals surface area contributed by atoms with Gasteiger partial charge in [-0.05, 0) is 57.7 Å². The third-order valence-corrected chi connectivity index (χ3v) is 6.67. The Morgan fingerprint density at radius 3 is 2.20 bits per heavy atom. The van der Waals surface area contributed by atoms with Gasteiger partial charge in [0, 0.05) is 24.4 Å². The van der Waals surface area contributed by atoms with Crippen LogP contribution in [0.25, 0.3) is 0 Å². The molecule has 0 radical (unpaired) electrons. The number of hydrogen-bond acceptors (Lipinski definition) is 6. The lowest BCUT2D eigenvalue weighted by molar-refractivity contribution is -0.119. The van der Waals surface area contributed by atoms with Crippen LogP contribution in [0.1, 0.15) is 116 Å². The lowest BCUT2D eigenvalue weighted by Crippen LogP contribution is -2.31. The van der Waals surface area contributed by atoms with Gasteiger partial charge in [0.25, 0.3) is 0 Å². The van der Waals surface area contributed by atoms with Crippen molar-refractivity contribution in [1.82, 2.24) is 15.2 Å². The Kier molecular flexibility index (Phi) is 26.5. The molecule has 1 aromatic carbocycles. The fraction of sp³-hybridized carbons (Fsp3) is 0.576. The zero-order chi connectivity index (χ0) is 30.8. The standard InChI is InChI=1S/C16H25N3O2S.C9H12O.C4H8.2C2H6/c1-3-4-12(2)9-17-15(21)14-10-22-16(18-14)13-5-7-19(11-20)8-6-13;1-8(10)7-9-5-3-2-4-6-9;1-3-4-2;2*1-2/h9-11,13,15,17,21H,3-8H2,1-2H3;2-6,8,10H,7H2,1H3;3H,1,4H2,2H3;2*1-2H3/b12-9-;;;;/t;8-;;;/m.0.../s1. The largest absolute Gasteiger partial charge is 0.393 e. The smallest absolute Gasteiger partial charge is 0.209 e. The third-order valence-electron chi connectivity index (χ3n) is 5.64. The molecule has 1 amide bonds. The molecule has 3 N–H and O–H groups in total. The first-order valence-corrected chi connectivity index (χ1v) is 15.8. The fourth-order valence-corrected chi connectivity index (χ4v) is 4.60. The van der Waals surface area contributed by atoms with Crippen LogP contribution in [0.2, 0.25) is 0 Å². The Morgan fingerprint density at radius 2 is 1.73 bits per heavy atom. The van der Waals surface area contributed by atoms with E-state index in [-0.39, 0.29) is 6.10 Å². The summed E-state index contributed by atoms with van der Waals surface area (Å²) in [5, 5.41) is 25.2. The van der Waals surface area contributed by atoms with Crippen molar-refractivity contribution >= 4 is 17.7 Å². The van der Waals surface area contributed by atoms with Crippen LogP contribution in [0.5, 0.6) is 0 Å². The lowest BCUT2D eigenvalue weighted by Gasteiger charge is -2.27. The summed E-state index contributed by atoms with van der Waals surface area (Å²) in [5.41, 5.74) is 3.09. The molecule has 1 unspecified atom stereocenters. The van der Waals surface area contributed by atoms with Crippen LogP contribution in [-0.2, 0) is 11.2 Å². The van der Waals surface area contributed by atoms with E-state index in [4.69, 9.17) is 5.11 Å². The van der Waals surface area contributed by atoms with E-state index in [2.05, 4.69) is 37.7 Å². The molecular weight excluding hydrogens is 518 g/mol. The maximum Gasteiger partial charge on any atom is 0.209 e. The van der Waals surface area contributed by atoms with Gasteiger partial charge < -0.3 is 20.4 Å². The van der Waals surface area contributed by atoms with Crippen LogP contribution >= 0.6 is 11.3 Å². The predicted molar refractivity (Wildman–Crippen MR) is 173 cm³/mol. The number of allylic oxidation sites excluding steroid dienone is 2. The van der Waals surface area contributed by atoms with Crippen LogP contribution in [0, 0.1) is 0 Å². The number of piperidine rings is 1. The number of thiazole rings is 1. The Balaban J connectivity index is 0. The molecular formula is C33H57N3O3S. The van der Waals surface area contributed by atoms with Crippen LogP contribution in [0.4, 0.5) is 0 Å². The zero-order valence-electron chi connectivity index (χ0n) is 26.4. The van der Waals surface area contributed by atoms with E-state index in [0.717, 1.165) is 63.0 Å². The number of carbonyl (C=O) groups excluding carboxylic acids is 1. The molecule has 0 saturated carbocycles. The van der Waals surface area contributed by atoms with Gasteiger partial charge in [0.15, 0.2) is 6.23 Å². The van der Waals surface area contributed by atoms with Crippen LogP contribution < -0.4 is 5.32 Å². The van der Waals surface area contributed by atoms with Crippen LogP contribution in [0.15, 0.2) is 60.1 Å². The third kappa shape index (κ3) is 18.7. The monoisotopic (exact) mass is 575 g/mol. The average molecular weight is 576 g/mol. The summed E-state index contributed by atoms with van der Waals surface area (Å²) in [6, 6.07) is 9.99. The van der Waals surface area contributed by atoms with E-state index in [1.54, 1.807) is 18.3 Å². The molecule has 6 nitrogen and oxygen atoms in total. The quantitative estimate of drug-likeness (QED) is 0.152. The van der Waals surface area contributed by atoms with Gasteiger partial charge >= 0.3 is 0 Å². The summed E-state index contributed by atoms with van der Waals surface area (Å²) in [5.74, 6) is 0.402. The van der Waals surface area contributed by atoms with E-state index in [9.17, 15) is 9.90 Å². The molecule has 3 rings (SSSR count). The van der Waals surface area contributed by atoms with Gasteiger partial charge in [-0.3, -0.25) is 4.79 Å². The minimum atomic E-state index is -0.758. The number of aliphatic hydroxyl groups is 2. The lowest BCUT2D eigenvalue weighted by atomic mass is 9.98. The number of carbonyl (C=O) groups is 1. The highest BCUT2D eigenvalue weighted by Crippen LogP contribution is 2.30. The number of benzene rings is 1. The van der Waals surface area contributed by atoms with Crippen molar-refractivity contribution in [3.8, 4) is 0 Å². The van der Waals surface area contributed by atoms with Gasteiger partial charge in [-0.1, -0.05) is 89.9 Å². The molecule has 40 heavy (non-hydrogen) atoms. The second-order valence-electron chi connectivity index (χ2n) is 9.07. The van der Waals surface area contributed by atoms with E-state index in [0.29, 0.717) is 11.6 Å². The summed E-state index contributed by atoms with van der Waals surface area (Å²) in [6.45, 7) is 21.1. The van der Waals surface area contributed by atoms with E-state index < -0.39 is 6.23 Å². The number of aliphatic hydroxyl groups excluding tert-OH is 2. The number of hydrogen-bond donors (Lipinski definition) is 3. The van der Waals surface area contributed by atoms with Gasteiger partial charge in [-0.25, -0.2) is 4.98 Å². The second-order valence-corrected chi connectivity index (χ2v) is 9.96. The van der Waals surface area contributed by atoms with E-state index in [1.807, 2.05) is 80.6 Å². The van der Waals surface area contributed by atoms with Gasteiger partial charge in [0.2, 0.25) is 6.41 Å². The van der Waals surface area contributed by atoms with Gasteiger partial charge in [-0.15, -0.1) is 17.9 Å². The van der Waals surface area contributed by atoms with Gasteiger partial charge in [0.05, 0.1) is 11.1 Å². The number of aromatic nitrogens is 1. The molecule has 2 atom stereocenters. The molecule has 2 heterocycles. The van der Waals surface area contributed by atoms with Crippen LogP contribution in [0.3, 0.4) is 0 Å². The molecule has 228 valence electrons. The van der Waals surface area contributed by atoms with Crippen molar-refractivity contribution in [2.24, 2.45) is 0 Å². The highest BCUT2D eigenvalue weighted by Gasteiger charge is 2.23. The van der Waals surface area contributed by atoms with E-state index >= 15 is 0 Å². The average Bonchev–Trinajstić information content (AvgIpc) is 3.49. The number of rotatable bonds is 10. The van der Waals surface area contributed by atoms with Gasteiger partial charge in [-0.2, -0.15) is 0 Å². The maximum absolute atomic E-state index is 10.7. The zero-order valence-corrected chi connectivity index (χ0v) is 27.2. The first-order valence-electron chi connectivity index (χ1n) is 14.9. The molecule has 7 heteroatoms. The molecule has 2 aromatic rings. The molecule has 0 bridgehead atoms. The number of nitrogens with zero attached hydrogens (tertiary/aromatic N) is 2. The molecule has 0 aliphatic carbocycles.